The number of aromatic nitrogens is 2. The molecule has 5 nitrogen and oxygen atoms in total. The molecule has 1 heterocycles. The Bertz CT molecular complexity index is 1460. The quantitative estimate of drug-likeness (QED) is 0.164. The highest BCUT2D eigenvalue weighted by Crippen LogP contribution is 2.33. The number of rotatable bonds is 14. The van der Waals surface area contributed by atoms with Crippen molar-refractivity contribution < 1.29 is 23.4 Å². The van der Waals surface area contributed by atoms with Gasteiger partial charge in [-0.2, -0.15) is 5.10 Å². The molecule has 0 spiro atoms. The molecule has 0 fully saturated rings. The van der Waals surface area contributed by atoms with Gasteiger partial charge in [-0.1, -0.05) is 44.0 Å². The lowest BCUT2D eigenvalue weighted by Crippen LogP contribution is -2.12. The summed E-state index contributed by atoms with van der Waals surface area (Å²) in [6, 6.07) is 18.4. The van der Waals surface area contributed by atoms with Crippen molar-refractivity contribution in [2.45, 2.75) is 65.6 Å². The largest absolute Gasteiger partial charge is 0.497 e. The molecule has 0 saturated carbocycles. The first kappa shape index (κ1) is 31.0. The summed E-state index contributed by atoms with van der Waals surface area (Å²) in [5, 5.41) is 15.8. The number of hydrogen-bond donors (Lipinski definition) is 1. The van der Waals surface area contributed by atoms with Crippen molar-refractivity contribution in [1.29, 1.82) is 0 Å². The zero-order valence-corrected chi connectivity index (χ0v) is 24.8. The number of aryl methyl sites for hydroxylation is 1. The van der Waals surface area contributed by atoms with E-state index in [0.717, 1.165) is 60.4 Å². The van der Waals surface area contributed by atoms with Gasteiger partial charge < -0.3 is 14.6 Å². The molecule has 0 saturated heterocycles. The van der Waals surface area contributed by atoms with E-state index in [1.165, 1.54) is 23.8 Å². The average Bonchev–Trinajstić information content (AvgIpc) is 3.41. The van der Waals surface area contributed by atoms with Crippen LogP contribution in [0.15, 0.2) is 78.5 Å². The first-order valence-corrected chi connectivity index (χ1v) is 14.6. The normalized spacial score (nSPS) is 13.2. The molecule has 4 rings (SSSR count). The van der Waals surface area contributed by atoms with Gasteiger partial charge in [0.2, 0.25) is 0 Å². The van der Waals surface area contributed by atoms with Gasteiger partial charge in [0, 0.05) is 0 Å². The molecule has 1 N–H and O–H groups in total. The van der Waals surface area contributed by atoms with Gasteiger partial charge in [0.05, 0.1) is 30.8 Å². The fourth-order valence-electron chi connectivity index (χ4n) is 5.11. The Labute approximate surface area is 247 Å². The minimum Gasteiger partial charge on any atom is -0.497 e. The maximum atomic E-state index is 14.5. The Hall–Kier alpha value is -3.97. The Balaban J connectivity index is 1.38. The van der Waals surface area contributed by atoms with E-state index in [2.05, 4.69) is 31.9 Å². The summed E-state index contributed by atoms with van der Waals surface area (Å²) < 4.78 is 40.8. The van der Waals surface area contributed by atoms with E-state index in [0.29, 0.717) is 5.56 Å². The highest BCUT2D eigenvalue weighted by molar-refractivity contribution is 5.55. The summed E-state index contributed by atoms with van der Waals surface area (Å²) in [7, 11) is 1.61. The van der Waals surface area contributed by atoms with Gasteiger partial charge in [0.15, 0.2) is 11.6 Å². The third kappa shape index (κ3) is 7.85. The monoisotopic (exact) mass is 574 g/mol. The molecule has 222 valence electrons. The van der Waals surface area contributed by atoms with E-state index >= 15 is 0 Å². The fraction of sp³-hybridized carbons (Fsp3) is 0.343. The summed E-state index contributed by atoms with van der Waals surface area (Å²) >= 11 is 0. The predicted octanol–water partition coefficient (Wildman–Crippen LogP) is 8.63. The molecular formula is C35H40F2N2O3. The van der Waals surface area contributed by atoms with E-state index < -0.39 is 11.9 Å². The van der Waals surface area contributed by atoms with Crippen molar-refractivity contribution in [1.82, 2.24) is 9.78 Å². The van der Waals surface area contributed by atoms with Crippen LogP contribution >= 0.6 is 0 Å². The van der Waals surface area contributed by atoms with Crippen LogP contribution in [0.5, 0.6) is 11.5 Å². The van der Waals surface area contributed by atoms with Crippen molar-refractivity contribution in [3.8, 4) is 17.2 Å². The summed E-state index contributed by atoms with van der Waals surface area (Å²) in [5.74, 6) is 0.155. The van der Waals surface area contributed by atoms with Gasteiger partial charge in [0.1, 0.15) is 18.2 Å². The minimum absolute atomic E-state index is 0.0219. The fourth-order valence-corrected chi connectivity index (χ4v) is 5.11. The average molecular weight is 575 g/mol. The summed E-state index contributed by atoms with van der Waals surface area (Å²) in [4.78, 5) is 0. The first-order chi connectivity index (χ1) is 20.3. The van der Waals surface area contributed by atoms with Crippen LogP contribution in [0.2, 0.25) is 0 Å². The van der Waals surface area contributed by atoms with Gasteiger partial charge in [-0.15, -0.1) is 0 Å². The maximum Gasteiger partial charge on any atom is 0.165 e. The second kappa shape index (κ2) is 14.8. The van der Waals surface area contributed by atoms with Crippen LogP contribution in [-0.2, 0) is 13.0 Å². The molecule has 42 heavy (non-hydrogen) atoms. The zero-order chi connectivity index (χ0) is 30.1. The molecule has 1 unspecified atom stereocenters. The topological polar surface area (TPSA) is 56.5 Å². The number of allylic oxidation sites excluding steroid dienone is 1. The van der Waals surface area contributed by atoms with Crippen molar-refractivity contribution in [3.05, 3.63) is 113 Å². The Morgan fingerprint density at radius 1 is 1.02 bits per heavy atom. The van der Waals surface area contributed by atoms with Gasteiger partial charge >= 0.3 is 0 Å². The van der Waals surface area contributed by atoms with Crippen LogP contribution < -0.4 is 9.47 Å². The van der Waals surface area contributed by atoms with E-state index in [4.69, 9.17) is 9.47 Å². The maximum absolute atomic E-state index is 14.5. The van der Waals surface area contributed by atoms with Crippen LogP contribution in [0, 0.1) is 17.6 Å². The van der Waals surface area contributed by atoms with Crippen LogP contribution in [0.4, 0.5) is 8.78 Å². The summed E-state index contributed by atoms with van der Waals surface area (Å²) in [5.41, 5.74) is 5.69. The number of nitrogens with zero attached hydrogens (tertiary/aromatic N) is 2. The van der Waals surface area contributed by atoms with Crippen molar-refractivity contribution in [2.75, 3.05) is 7.11 Å². The second-order valence-electron chi connectivity index (χ2n) is 10.6. The van der Waals surface area contributed by atoms with Crippen molar-refractivity contribution in [3.63, 3.8) is 0 Å². The molecule has 0 bridgehead atoms. The number of aliphatic hydroxyl groups excluding tert-OH is 1. The number of halogens is 2. The highest BCUT2D eigenvalue weighted by Gasteiger charge is 2.21. The molecule has 1 aromatic heterocycles. The standard InChI is InChI=1S/C35H40F2N2O3/c1-5-26(35(40)28-12-19-32(37)34(21-28)42-23-25-10-17-31(41-4)18-11-25)9-7-8-24(3)20-33-27(6-2)22-38-39(33)30-15-13-29(36)14-16-30/h10-22,26,35,40H,5-9,23H2,1-4H3/b24-20+/t26?,35-/m1/s1. The highest BCUT2D eigenvalue weighted by atomic mass is 19.1. The summed E-state index contributed by atoms with van der Waals surface area (Å²) in [6.45, 7) is 6.47. The molecular weight excluding hydrogens is 534 g/mol. The molecule has 0 amide bonds. The van der Waals surface area contributed by atoms with Gasteiger partial charge in [-0.3, -0.25) is 0 Å². The Morgan fingerprint density at radius 3 is 2.43 bits per heavy atom. The first-order valence-electron chi connectivity index (χ1n) is 14.6. The number of methoxy groups -OCH3 is 1. The molecule has 0 aliphatic rings. The smallest absolute Gasteiger partial charge is 0.165 e. The van der Waals surface area contributed by atoms with E-state index in [1.807, 2.05) is 35.1 Å². The molecule has 3 aromatic carbocycles. The third-order valence-corrected chi connectivity index (χ3v) is 7.69. The van der Waals surface area contributed by atoms with Crippen molar-refractivity contribution >= 4 is 6.08 Å². The molecule has 0 aliphatic heterocycles. The summed E-state index contributed by atoms with van der Waals surface area (Å²) in [6.07, 6.45) is 7.50. The number of benzene rings is 3. The van der Waals surface area contributed by atoms with Gasteiger partial charge in [-0.05, 0) is 110 Å². The number of hydrogen-bond acceptors (Lipinski definition) is 4. The molecule has 7 heteroatoms. The zero-order valence-electron chi connectivity index (χ0n) is 24.8. The van der Waals surface area contributed by atoms with E-state index in [1.54, 1.807) is 31.4 Å². The molecule has 0 aliphatic carbocycles. The van der Waals surface area contributed by atoms with Gasteiger partial charge in [-0.25, -0.2) is 13.5 Å². The Morgan fingerprint density at radius 2 is 1.76 bits per heavy atom. The van der Waals surface area contributed by atoms with Crippen LogP contribution in [-0.4, -0.2) is 22.0 Å². The van der Waals surface area contributed by atoms with Crippen LogP contribution in [0.25, 0.3) is 11.8 Å². The predicted molar refractivity (Wildman–Crippen MR) is 163 cm³/mol. The number of aliphatic hydroxyl groups is 1. The van der Waals surface area contributed by atoms with Crippen molar-refractivity contribution in [2.24, 2.45) is 5.92 Å². The Kier molecular flexibility index (Phi) is 10.9. The van der Waals surface area contributed by atoms with Crippen LogP contribution in [0.1, 0.15) is 74.9 Å². The second-order valence-corrected chi connectivity index (χ2v) is 10.6. The SMILES string of the molecule is CCc1cnn(-c2ccc(F)cc2)c1/C=C(\C)CCCC(CC)[C@@H](O)c1ccc(F)c(OCc2ccc(OC)cc2)c1. The minimum atomic E-state index is -0.727. The molecule has 4 aromatic rings. The van der Waals surface area contributed by atoms with E-state index in [-0.39, 0.29) is 24.1 Å². The van der Waals surface area contributed by atoms with E-state index in [9.17, 15) is 13.9 Å². The third-order valence-electron chi connectivity index (χ3n) is 7.69. The van der Waals surface area contributed by atoms with Crippen LogP contribution in [0.3, 0.4) is 0 Å². The molecule has 2 atom stereocenters. The van der Waals surface area contributed by atoms with Gasteiger partial charge in [0.25, 0.3) is 0 Å². The number of ether oxygens (including phenoxy) is 2. The molecule has 0 radical (unpaired) electrons. The lowest BCUT2D eigenvalue weighted by molar-refractivity contribution is 0.0986. The lowest BCUT2D eigenvalue weighted by atomic mass is 9.88. The lowest BCUT2D eigenvalue weighted by Gasteiger charge is -2.23.